The molecule has 0 bridgehead atoms. The first-order valence-electron chi connectivity index (χ1n) is 8.82. The summed E-state index contributed by atoms with van der Waals surface area (Å²) in [7, 11) is 0. The Morgan fingerprint density at radius 2 is 2.04 bits per heavy atom. The van der Waals surface area contributed by atoms with Gasteiger partial charge >= 0.3 is 6.09 Å². The number of hydrogen-bond donors (Lipinski definition) is 2. The number of amides is 2. The average molecular weight is 356 g/mol. The van der Waals surface area contributed by atoms with Gasteiger partial charge in [-0.2, -0.15) is 5.10 Å². The number of aromatic amines is 1. The molecule has 1 fully saturated rings. The molecule has 26 heavy (non-hydrogen) atoms. The molecule has 0 saturated carbocycles. The fraction of sp³-hybridized carbons (Fsp3) is 0.421. The van der Waals surface area contributed by atoms with Crippen molar-refractivity contribution in [2.24, 2.45) is 5.92 Å². The minimum atomic E-state index is -0.468. The fourth-order valence-electron chi connectivity index (χ4n) is 2.84. The molecule has 1 saturated heterocycles. The minimum absolute atomic E-state index is 0.0868. The number of benzene rings is 1. The van der Waals surface area contributed by atoms with Gasteiger partial charge in [-0.05, 0) is 24.0 Å². The molecule has 0 radical (unpaired) electrons. The predicted molar refractivity (Wildman–Crippen MR) is 96.6 cm³/mol. The van der Waals surface area contributed by atoms with E-state index in [4.69, 9.17) is 4.74 Å². The first-order valence-corrected chi connectivity index (χ1v) is 8.82. The third kappa shape index (κ3) is 4.62. The molecule has 1 aliphatic rings. The lowest BCUT2D eigenvalue weighted by Crippen LogP contribution is -2.61. The van der Waals surface area contributed by atoms with Crippen LogP contribution in [0.2, 0.25) is 0 Å². The number of nitrogens with one attached hydrogen (secondary N) is 2. The highest BCUT2D eigenvalue weighted by Gasteiger charge is 2.33. The quantitative estimate of drug-likeness (QED) is 0.832. The van der Waals surface area contributed by atoms with Crippen LogP contribution in [0.5, 0.6) is 0 Å². The number of ether oxygens (including phenoxy) is 1. The van der Waals surface area contributed by atoms with E-state index in [2.05, 4.69) is 29.4 Å². The maximum absolute atomic E-state index is 12.4. The zero-order valence-corrected chi connectivity index (χ0v) is 15.1. The molecule has 0 atom stereocenters. The van der Waals surface area contributed by atoms with Crippen LogP contribution in [0.25, 0.3) is 0 Å². The Balaban J connectivity index is 1.40. The lowest BCUT2D eigenvalue weighted by molar-refractivity contribution is 0.0540. The monoisotopic (exact) mass is 356 g/mol. The molecule has 0 unspecified atom stereocenters. The summed E-state index contributed by atoms with van der Waals surface area (Å²) < 4.78 is 5.18. The Kier molecular flexibility index (Phi) is 5.55. The molecule has 2 aromatic rings. The van der Waals surface area contributed by atoms with Crippen molar-refractivity contribution in [2.45, 2.75) is 32.9 Å². The summed E-state index contributed by atoms with van der Waals surface area (Å²) in [5.74, 6) is 0.379. The van der Waals surface area contributed by atoms with Crippen molar-refractivity contribution in [2.75, 3.05) is 13.1 Å². The molecule has 2 heterocycles. The van der Waals surface area contributed by atoms with Crippen molar-refractivity contribution < 1.29 is 14.3 Å². The Morgan fingerprint density at radius 1 is 1.31 bits per heavy atom. The molecule has 1 aromatic heterocycles. The number of alkyl carbamates (subject to hydrolysis) is 1. The van der Waals surface area contributed by atoms with Crippen LogP contribution in [0.3, 0.4) is 0 Å². The van der Waals surface area contributed by atoms with Gasteiger partial charge in [-0.15, -0.1) is 0 Å². The molecular weight excluding hydrogens is 332 g/mol. The Hall–Kier alpha value is -2.83. The molecular formula is C19H24N4O3. The van der Waals surface area contributed by atoms with Crippen molar-refractivity contribution in [1.82, 2.24) is 20.4 Å². The zero-order chi connectivity index (χ0) is 18.5. The molecule has 0 spiro atoms. The second-order valence-corrected chi connectivity index (χ2v) is 6.99. The summed E-state index contributed by atoms with van der Waals surface area (Å²) in [6, 6.07) is 11.2. The van der Waals surface area contributed by atoms with E-state index in [0.29, 0.717) is 24.7 Å². The maximum atomic E-state index is 12.4. The highest BCUT2D eigenvalue weighted by Crippen LogP contribution is 2.14. The molecule has 7 heteroatoms. The molecule has 7 nitrogen and oxygen atoms in total. The Morgan fingerprint density at radius 3 is 2.73 bits per heavy atom. The third-order valence-electron chi connectivity index (χ3n) is 4.18. The molecule has 1 aliphatic heterocycles. The number of H-pyrrole nitrogens is 1. The van der Waals surface area contributed by atoms with E-state index in [1.165, 1.54) is 0 Å². The van der Waals surface area contributed by atoms with Crippen LogP contribution in [0, 0.1) is 5.92 Å². The molecule has 2 amide bonds. The van der Waals surface area contributed by atoms with E-state index in [1.54, 1.807) is 11.0 Å². The molecule has 0 aliphatic carbocycles. The van der Waals surface area contributed by atoms with E-state index >= 15 is 0 Å². The molecule has 2 N–H and O–H groups in total. The largest absolute Gasteiger partial charge is 0.445 e. The second-order valence-electron chi connectivity index (χ2n) is 6.99. The van der Waals surface area contributed by atoms with Crippen LogP contribution < -0.4 is 5.32 Å². The topological polar surface area (TPSA) is 87.3 Å². The number of likely N-dealkylation sites (tertiary alicyclic amines) is 1. The Labute approximate surface area is 152 Å². The smallest absolute Gasteiger partial charge is 0.407 e. The third-order valence-corrected chi connectivity index (χ3v) is 4.18. The van der Waals surface area contributed by atoms with Gasteiger partial charge in [-0.1, -0.05) is 44.2 Å². The fourth-order valence-corrected chi connectivity index (χ4v) is 2.84. The maximum Gasteiger partial charge on any atom is 0.407 e. The average Bonchev–Trinajstić information content (AvgIpc) is 3.04. The zero-order valence-electron chi connectivity index (χ0n) is 15.1. The van der Waals surface area contributed by atoms with E-state index in [1.807, 2.05) is 30.3 Å². The summed E-state index contributed by atoms with van der Waals surface area (Å²) in [4.78, 5) is 25.8. The number of carbonyl (C=O) groups is 2. The summed E-state index contributed by atoms with van der Waals surface area (Å²) in [6.07, 6.45) is 0.391. The van der Waals surface area contributed by atoms with Gasteiger partial charge in [0.25, 0.3) is 5.91 Å². The number of aromatic nitrogens is 2. The number of nitrogens with zero attached hydrogens (tertiary/aromatic N) is 2. The molecule has 1 aromatic carbocycles. The van der Waals surface area contributed by atoms with Crippen molar-refractivity contribution in [3.63, 3.8) is 0 Å². The van der Waals surface area contributed by atoms with Gasteiger partial charge in [0, 0.05) is 18.8 Å². The number of hydrogen-bond acceptors (Lipinski definition) is 4. The minimum Gasteiger partial charge on any atom is -0.445 e. The normalized spacial score (nSPS) is 14.2. The van der Waals surface area contributed by atoms with Crippen molar-refractivity contribution in [3.8, 4) is 0 Å². The van der Waals surface area contributed by atoms with Crippen LogP contribution in [0.1, 0.15) is 35.6 Å². The summed E-state index contributed by atoms with van der Waals surface area (Å²) >= 11 is 0. The van der Waals surface area contributed by atoms with Crippen LogP contribution in [-0.4, -0.2) is 46.2 Å². The summed E-state index contributed by atoms with van der Waals surface area (Å²) in [6.45, 7) is 5.39. The van der Waals surface area contributed by atoms with Gasteiger partial charge in [0.1, 0.15) is 12.3 Å². The number of rotatable bonds is 6. The van der Waals surface area contributed by atoms with E-state index in [0.717, 1.165) is 17.7 Å². The highest BCUT2D eigenvalue weighted by atomic mass is 16.5. The summed E-state index contributed by atoms with van der Waals surface area (Å²) in [5, 5.41) is 9.77. The van der Waals surface area contributed by atoms with Crippen LogP contribution >= 0.6 is 0 Å². The Bertz CT molecular complexity index is 751. The first-order chi connectivity index (χ1) is 12.5. The van der Waals surface area contributed by atoms with Crippen LogP contribution in [0.15, 0.2) is 36.4 Å². The predicted octanol–water partition coefficient (Wildman–Crippen LogP) is 2.36. The van der Waals surface area contributed by atoms with Gasteiger partial charge in [0.05, 0.1) is 6.04 Å². The molecule has 138 valence electrons. The van der Waals surface area contributed by atoms with Gasteiger partial charge in [-0.3, -0.25) is 9.89 Å². The van der Waals surface area contributed by atoms with E-state index in [9.17, 15) is 9.59 Å². The van der Waals surface area contributed by atoms with Gasteiger partial charge in [0.15, 0.2) is 0 Å². The first kappa shape index (κ1) is 18.0. The lowest BCUT2D eigenvalue weighted by atomic mass is 10.1. The van der Waals surface area contributed by atoms with Crippen LogP contribution in [0.4, 0.5) is 4.79 Å². The van der Waals surface area contributed by atoms with Gasteiger partial charge in [-0.25, -0.2) is 4.79 Å². The van der Waals surface area contributed by atoms with E-state index < -0.39 is 6.09 Å². The van der Waals surface area contributed by atoms with Crippen LogP contribution in [-0.2, 0) is 17.8 Å². The molecule has 3 rings (SSSR count). The second kappa shape index (κ2) is 8.03. The van der Waals surface area contributed by atoms with E-state index in [-0.39, 0.29) is 18.6 Å². The highest BCUT2D eigenvalue weighted by molar-refractivity contribution is 5.93. The van der Waals surface area contributed by atoms with Crippen molar-refractivity contribution in [1.29, 1.82) is 0 Å². The van der Waals surface area contributed by atoms with Gasteiger partial charge in [0.2, 0.25) is 0 Å². The lowest BCUT2D eigenvalue weighted by Gasteiger charge is -2.38. The van der Waals surface area contributed by atoms with Gasteiger partial charge < -0.3 is 15.0 Å². The van der Waals surface area contributed by atoms with Crippen molar-refractivity contribution in [3.05, 3.63) is 53.3 Å². The standard InChI is InChI=1S/C19H24N4O3/c1-13(2)8-15-9-17(22-21-15)18(24)23-10-16(11-23)20-19(25)26-12-14-6-4-3-5-7-14/h3-7,9,13,16H,8,10-12H2,1-2H3,(H,20,25)(H,21,22). The SMILES string of the molecule is CC(C)Cc1cc(C(=O)N2CC(NC(=O)OCc3ccccc3)C2)n[nH]1. The number of carbonyl (C=O) groups excluding carboxylic acids is 2. The van der Waals surface area contributed by atoms with Crippen molar-refractivity contribution >= 4 is 12.0 Å². The summed E-state index contributed by atoms with van der Waals surface area (Å²) in [5.41, 5.74) is 2.32.